The number of hydrogen-bond acceptors (Lipinski definition) is 4. The van der Waals surface area contributed by atoms with Gasteiger partial charge in [-0.25, -0.2) is 0 Å². The number of nitrogens with one attached hydrogen (secondary N) is 1. The van der Waals surface area contributed by atoms with Gasteiger partial charge in [-0.1, -0.05) is 12.2 Å². The zero-order valence-corrected chi connectivity index (χ0v) is 11.0. The normalized spacial score (nSPS) is 12.5. The fraction of sp³-hybridized carbons (Fsp3) is 0.800. The third-order valence-electron chi connectivity index (χ3n) is 2.27. The van der Waals surface area contributed by atoms with Gasteiger partial charge in [0.1, 0.15) is 0 Å². The second-order valence-electron chi connectivity index (χ2n) is 3.78. The van der Waals surface area contributed by atoms with E-state index in [1.807, 2.05) is 18.9 Å². The summed E-state index contributed by atoms with van der Waals surface area (Å²) in [5.74, 6) is -0.0191. The Morgan fingerprint density at radius 1 is 1.62 bits per heavy atom. The van der Waals surface area contributed by atoms with Gasteiger partial charge in [0.15, 0.2) is 0 Å². The van der Waals surface area contributed by atoms with E-state index in [1.165, 1.54) is 0 Å². The van der Waals surface area contributed by atoms with E-state index in [0.29, 0.717) is 31.1 Å². The maximum Gasteiger partial charge on any atom is 0.234 e. The highest BCUT2D eigenvalue weighted by Crippen LogP contribution is 2.00. The Morgan fingerprint density at radius 3 is 2.75 bits per heavy atom. The zero-order valence-electron chi connectivity index (χ0n) is 10.2. The summed E-state index contributed by atoms with van der Waals surface area (Å²) >= 11 is 4.82. The Kier molecular flexibility index (Phi) is 8.05. The Labute approximate surface area is 102 Å². The number of carbonyl (C=O) groups excluding carboxylic acids is 1. The molecule has 1 amide bonds. The molecule has 0 fully saturated rings. The van der Waals surface area contributed by atoms with Crippen molar-refractivity contribution in [2.45, 2.75) is 19.4 Å². The lowest BCUT2D eigenvalue weighted by atomic mass is 10.2. The van der Waals surface area contributed by atoms with Crippen LogP contribution in [0.25, 0.3) is 0 Å². The summed E-state index contributed by atoms with van der Waals surface area (Å²) in [6.07, 6.45) is 0.622. The van der Waals surface area contributed by atoms with Crippen molar-refractivity contribution in [1.82, 2.24) is 10.2 Å². The highest BCUT2D eigenvalue weighted by atomic mass is 32.1. The molecule has 0 aromatic rings. The van der Waals surface area contributed by atoms with Crippen molar-refractivity contribution in [2.75, 3.05) is 33.9 Å². The van der Waals surface area contributed by atoms with E-state index in [4.69, 9.17) is 22.7 Å². The number of ether oxygens (including phenoxy) is 1. The molecule has 0 bridgehead atoms. The van der Waals surface area contributed by atoms with E-state index in [0.717, 1.165) is 0 Å². The molecule has 0 aliphatic heterocycles. The van der Waals surface area contributed by atoms with Crippen LogP contribution in [0.5, 0.6) is 0 Å². The van der Waals surface area contributed by atoms with E-state index in [-0.39, 0.29) is 11.9 Å². The molecule has 5 nitrogen and oxygen atoms in total. The Hall–Kier alpha value is -0.720. The number of rotatable bonds is 8. The lowest BCUT2D eigenvalue weighted by Crippen LogP contribution is -2.41. The largest absolute Gasteiger partial charge is 0.393 e. The fourth-order valence-corrected chi connectivity index (χ4v) is 1.42. The lowest BCUT2D eigenvalue weighted by molar-refractivity contribution is -0.122. The number of nitrogens with zero attached hydrogens (tertiary/aromatic N) is 1. The van der Waals surface area contributed by atoms with Crippen LogP contribution in [0.2, 0.25) is 0 Å². The molecule has 1 atom stereocenters. The third kappa shape index (κ3) is 7.56. The topological polar surface area (TPSA) is 67.6 Å². The van der Waals surface area contributed by atoms with Crippen LogP contribution in [0.1, 0.15) is 13.3 Å². The number of likely N-dealkylation sites (N-methyl/N-ethyl adjacent to an activating group) is 1. The monoisotopic (exact) mass is 247 g/mol. The number of methoxy groups -OCH3 is 1. The van der Waals surface area contributed by atoms with Crippen LogP contribution in [0.4, 0.5) is 0 Å². The molecule has 16 heavy (non-hydrogen) atoms. The van der Waals surface area contributed by atoms with Gasteiger partial charge >= 0.3 is 0 Å². The van der Waals surface area contributed by atoms with Gasteiger partial charge in [0.05, 0.1) is 18.1 Å². The average molecular weight is 247 g/mol. The van der Waals surface area contributed by atoms with Gasteiger partial charge < -0.3 is 15.8 Å². The van der Waals surface area contributed by atoms with Crippen molar-refractivity contribution < 1.29 is 9.53 Å². The van der Waals surface area contributed by atoms with E-state index in [2.05, 4.69) is 5.32 Å². The van der Waals surface area contributed by atoms with Gasteiger partial charge in [-0.05, 0) is 14.0 Å². The number of amides is 1. The first-order chi connectivity index (χ1) is 7.47. The third-order valence-corrected chi connectivity index (χ3v) is 2.44. The molecule has 0 aliphatic rings. The molecular weight excluding hydrogens is 226 g/mol. The molecule has 0 saturated heterocycles. The van der Waals surface area contributed by atoms with Crippen molar-refractivity contribution in [3.8, 4) is 0 Å². The first-order valence-corrected chi connectivity index (χ1v) is 5.62. The number of carbonyl (C=O) groups is 1. The molecule has 6 heteroatoms. The standard InChI is InChI=1S/C10H21N3O2S/c1-8(6-9(11)16)13(2)7-10(14)12-4-5-15-3/h8H,4-7H2,1-3H3,(H2,11,16)(H,12,14). The molecule has 1 unspecified atom stereocenters. The van der Waals surface area contributed by atoms with Crippen LogP contribution in [0.3, 0.4) is 0 Å². The molecule has 0 radical (unpaired) electrons. The molecule has 0 spiro atoms. The van der Waals surface area contributed by atoms with Crippen LogP contribution in [-0.2, 0) is 9.53 Å². The van der Waals surface area contributed by atoms with Crippen LogP contribution in [-0.4, -0.2) is 55.7 Å². The summed E-state index contributed by atoms with van der Waals surface area (Å²) in [6, 6.07) is 0.172. The summed E-state index contributed by atoms with van der Waals surface area (Å²) in [5, 5.41) is 2.75. The van der Waals surface area contributed by atoms with Crippen molar-refractivity contribution in [3.63, 3.8) is 0 Å². The molecule has 3 N–H and O–H groups in total. The maximum atomic E-state index is 11.4. The first kappa shape index (κ1) is 15.3. The maximum absolute atomic E-state index is 11.4. The van der Waals surface area contributed by atoms with Crippen molar-refractivity contribution in [3.05, 3.63) is 0 Å². The minimum absolute atomic E-state index is 0.0191. The minimum Gasteiger partial charge on any atom is -0.393 e. The Balaban J connectivity index is 3.80. The summed E-state index contributed by atoms with van der Waals surface area (Å²) in [5.41, 5.74) is 5.45. The van der Waals surface area contributed by atoms with E-state index < -0.39 is 0 Å². The minimum atomic E-state index is -0.0191. The van der Waals surface area contributed by atoms with Gasteiger partial charge in [0, 0.05) is 26.1 Å². The molecule has 0 rings (SSSR count). The molecule has 0 aliphatic carbocycles. The smallest absolute Gasteiger partial charge is 0.234 e. The van der Waals surface area contributed by atoms with Gasteiger partial charge in [-0.3, -0.25) is 9.69 Å². The second kappa shape index (κ2) is 8.43. The average Bonchev–Trinajstić information content (AvgIpc) is 2.16. The molecule has 0 heterocycles. The van der Waals surface area contributed by atoms with Crippen molar-refractivity contribution in [2.24, 2.45) is 5.73 Å². The van der Waals surface area contributed by atoms with Gasteiger partial charge in [-0.15, -0.1) is 0 Å². The van der Waals surface area contributed by atoms with Crippen LogP contribution >= 0.6 is 12.2 Å². The van der Waals surface area contributed by atoms with E-state index >= 15 is 0 Å². The van der Waals surface area contributed by atoms with Crippen LogP contribution in [0.15, 0.2) is 0 Å². The summed E-state index contributed by atoms with van der Waals surface area (Å²) in [6.45, 7) is 3.39. The number of thiocarbonyl (C=S) groups is 1. The quantitative estimate of drug-likeness (QED) is 0.457. The summed E-state index contributed by atoms with van der Waals surface area (Å²) < 4.78 is 4.84. The van der Waals surface area contributed by atoms with Gasteiger partial charge in [0.2, 0.25) is 5.91 Å². The molecule has 0 saturated carbocycles. The van der Waals surface area contributed by atoms with Crippen LogP contribution in [0, 0.1) is 0 Å². The van der Waals surface area contributed by atoms with E-state index in [9.17, 15) is 4.79 Å². The van der Waals surface area contributed by atoms with Crippen molar-refractivity contribution in [1.29, 1.82) is 0 Å². The molecular formula is C10H21N3O2S. The van der Waals surface area contributed by atoms with Gasteiger partial charge in [-0.2, -0.15) is 0 Å². The van der Waals surface area contributed by atoms with Gasteiger partial charge in [0.25, 0.3) is 0 Å². The second-order valence-corrected chi connectivity index (χ2v) is 4.30. The number of nitrogens with two attached hydrogens (primary N) is 1. The fourth-order valence-electron chi connectivity index (χ4n) is 1.18. The predicted octanol–water partition coefficient (Wildman–Crippen LogP) is -0.254. The summed E-state index contributed by atoms with van der Waals surface area (Å²) in [7, 11) is 3.47. The highest BCUT2D eigenvalue weighted by molar-refractivity contribution is 7.80. The first-order valence-electron chi connectivity index (χ1n) is 5.21. The predicted molar refractivity (Wildman–Crippen MR) is 68.4 cm³/mol. The lowest BCUT2D eigenvalue weighted by Gasteiger charge is -2.23. The van der Waals surface area contributed by atoms with Crippen molar-refractivity contribution >= 4 is 23.1 Å². The zero-order chi connectivity index (χ0) is 12.6. The SMILES string of the molecule is COCCNC(=O)CN(C)C(C)CC(N)=S. The van der Waals surface area contributed by atoms with E-state index in [1.54, 1.807) is 7.11 Å². The summed E-state index contributed by atoms with van der Waals surface area (Å²) in [4.78, 5) is 13.8. The number of hydrogen-bond donors (Lipinski definition) is 2. The van der Waals surface area contributed by atoms with Crippen LogP contribution < -0.4 is 11.1 Å². The highest BCUT2D eigenvalue weighted by Gasteiger charge is 2.13. The Bertz CT molecular complexity index is 236. The molecule has 94 valence electrons. The Morgan fingerprint density at radius 2 is 2.25 bits per heavy atom. The molecule has 0 aromatic heterocycles. The molecule has 0 aromatic carbocycles.